The smallest absolute Gasteiger partial charge is 0.302 e. The fourth-order valence-corrected chi connectivity index (χ4v) is 3.40. The lowest BCUT2D eigenvalue weighted by molar-refractivity contribution is -0.117. The second-order valence-electron chi connectivity index (χ2n) is 6.79. The number of oxazole rings is 1. The molecule has 1 amide bonds. The van der Waals surface area contributed by atoms with Crippen molar-refractivity contribution >= 4 is 11.9 Å². The summed E-state index contributed by atoms with van der Waals surface area (Å²) in [5.41, 5.74) is 3.53. The van der Waals surface area contributed by atoms with Crippen LogP contribution in [0.2, 0.25) is 0 Å². The molecule has 29 heavy (non-hydrogen) atoms. The lowest BCUT2D eigenvalue weighted by atomic mass is 9.96. The summed E-state index contributed by atoms with van der Waals surface area (Å²) >= 11 is 0. The molecular formula is C25H22N2O2. The van der Waals surface area contributed by atoms with E-state index in [1.165, 1.54) is 0 Å². The molecule has 0 saturated carbocycles. The number of carbonyl (C=O) groups is 1. The van der Waals surface area contributed by atoms with E-state index >= 15 is 0 Å². The topological polar surface area (TPSA) is 55.1 Å². The van der Waals surface area contributed by atoms with Crippen molar-refractivity contribution in [1.29, 1.82) is 0 Å². The number of hydrogen-bond acceptors (Lipinski definition) is 3. The van der Waals surface area contributed by atoms with Crippen LogP contribution in [0.25, 0.3) is 22.6 Å². The summed E-state index contributed by atoms with van der Waals surface area (Å²) < 4.78 is 6.01. The van der Waals surface area contributed by atoms with Crippen LogP contribution < -0.4 is 5.32 Å². The first-order chi connectivity index (χ1) is 14.3. The molecule has 4 heteroatoms. The minimum absolute atomic E-state index is 0.126. The van der Waals surface area contributed by atoms with E-state index < -0.39 is 0 Å². The third kappa shape index (κ3) is 4.11. The van der Waals surface area contributed by atoms with Crippen LogP contribution in [-0.2, 0) is 4.79 Å². The van der Waals surface area contributed by atoms with E-state index in [2.05, 4.69) is 10.3 Å². The third-order valence-electron chi connectivity index (χ3n) is 4.87. The maximum Gasteiger partial charge on any atom is 0.302 e. The molecule has 1 N–H and O–H groups in total. The molecule has 4 aromatic rings. The van der Waals surface area contributed by atoms with E-state index in [-0.39, 0.29) is 17.8 Å². The number of benzene rings is 3. The summed E-state index contributed by atoms with van der Waals surface area (Å²) in [6.45, 7) is 2.00. The van der Waals surface area contributed by atoms with Crippen molar-refractivity contribution in [1.82, 2.24) is 4.98 Å². The molecule has 144 valence electrons. The van der Waals surface area contributed by atoms with Crippen LogP contribution in [-0.4, -0.2) is 10.9 Å². The molecular weight excluding hydrogens is 360 g/mol. The molecule has 0 radical (unpaired) electrons. The highest BCUT2D eigenvalue weighted by atomic mass is 16.4. The molecule has 0 unspecified atom stereocenters. The zero-order chi connectivity index (χ0) is 20.1. The number of anilines is 1. The predicted molar refractivity (Wildman–Crippen MR) is 115 cm³/mol. The number of aromatic nitrogens is 1. The van der Waals surface area contributed by atoms with Crippen molar-refractivity contribution < 1.29 is 9.21 Å². The van der Waals surface area contributed by atoms with Crippen LogP contribution in [0.5, 0.6) is 0 Å². The maximum atomic E-state index is 12.9. The Kier molecular flexibility index (Phi) is 5.52. The summed E-state index contributed by atoms with van der Waals surface area (Å²) in [5.74, 6) is 0.252. The Morgan fingerprint density at radius 2 is 1.41 bits per heavy atom. The lowest BCUT2D eigenvalue weighted by Gasteiger charge is -2.13. The van der Waals surface area contributed by atoms with Crippen molar-refractivity contribution in [2.24, 2.45) is 0 Å². The van der Waals surface area contributed by atoms with Gasteiger partial charge in [-0.25, -0.2) is 0 Å². The highest BCUT2D eigenvalue weighted by Gasteiger charge is 2.22. The summed E-state index contributed by atoms with van der Waals surface area (Å²) in [6.07, 6.45) is 0.688. The van der Waals surface area contributed by atoms with E-state index in [9.17, 15) is 4.79 Å². The molecule has 0 aliphatic rings. The van der Waals surface area contributed by atoms with E-state index in [1.54, 1.807) is 0 Å². The molecule has 0 spiro atoms. The second-order valence-corrected chi connectivity index (χ2v) is 6.79. The van der Waals surface area contributed by atoms with E-state index in [0.29, 0.717) is 17.9 Å². The number of amides is 1. The average molecular weight is 382 g/mol. The van der Waals surface area contributed by atoms with Crippen molar-refractivity contribution in [3.8, 4) is 22.6 Å². The normalized spacial score (nSPS) is 11.8. The molecule has 3 aromatic carbocycles. The third-order valence-corrected chi connectivity index (χ3v) is 4.87. The van der Waals surface area contributed by atoms with Gasteiger partial charge in [-0.3, -0.25) is 10.1 Å². The SMILES string of the molecule is CC[C@H](C(=O)Nc1nc(-c2ccccc2)c(-c2ccccc2)o1)c1ccccc1. The van der Waals surface area contributed by atoms with Gasteiger partial charge in [0.15, 0.2) is 5.76 Å². The second kappa shape index (κ2) is 8.57. The molecule has 4 rings (SSSR count). The van der Waals surface area contributed by atoms with Crippen LogP contribution in [0.3, 0.4) is 0 Å². The predicted octanol–water partition coefficient (Wildman–Crippen LogP) is 6.14. The summed E-state index contributed by atoms with van der Waals surface area (Å²) in [5, 5.41) is 2.88. The molecule has 0 aliphatic carbocycles. The van der Waals surface area contributed by atoms with E-state index in [1.807, 2.05) is 97.9 Å². The Morgan fingerprint density at radius 3 is 2.00 bits per heavy atom. The molecule has 1 heterocycles. The summed E-state index contributed by atoms with van der Waals surface area (Å²) in [6, 6.07) is 29.6. The Balaban J connectivity index is 1.68. The van der Waals surface area contributed by atoms with Gasteiger partial charge in [-0.15, -0.1) is 0 Å². The van der Waals surface area contributed by atoms with Gasteiger partial charge >= 0.3 is 6.01 Å². The van der Waals surface area contributed by atoms with Gasteiger partial charge in [0.1, 0.15) is 5.69 Å². The molecule has 1 aromatic heterocycles. The average Bonchev–Trinajstić information content (AvgIpc) is 3.20. The highest BCUT2D eigenvalue weighted by molar-refractivity contribution is 5.95. The summed E-state index contributed by atoms with van der Waals surface area (Å²) in [4.78, 5) is 17.5. The zero-order valence-electron chi connectivity index (χ0n) is 16.2. The van der Waals surface area contributed by atoms with Crippen molar-refractivity contribution in [3.63, 3.8) is 0 Å². The minimum Gasteiger partial charge on any atom is -0.423 e. The first kappa shape index (κ1) is 18.7. The van der Waals surface area contributed by atoms with Gasteiger partial charge in [0, 0.05) is 11.1 Å². The van der Waals surface area contributed by atoms with Gasteiger partial charge in [-0.05, 0) is 12.0 Å². The van der Waals surface area contributed by atoms with Gasteiger partial charge in [-0.1, -0.05) is 97.9 Å². The van der Waals surface area contributed by atoms with Gasteiger partial charge < -0.3 is 4.42 Å². The van der Waals surface area contributed by atoms with Gasteiger partial charge in [-0.2, -0.15) is 4.98 Å². The highest BCUT2D eigenvalue weighted by Crippen LogP contribution is 2.34. The van der Waals surface area contributed by atoms with Gasteiger partial charge in [0.05, 0.1) is 5.92 Å². The van der Waals surface area contributed by atoms with Gasteiger partial charge in [0.25, 0.3) is 0 Å². The first-order valence-electron chi connectivity index (χ1n) is 9.73. The zero-order valence-corrected chi connectivity index (χ0v) is 16.2. The molecule has 0 aliphatic heterocycles. The molecule has 4 nitrogen and oxygen atoms in total. The monoisotopic (exact) mass is 382 g/mol. The Hall–Kier alpha value is -3.66. The van der Waals surface area contributed by atoms with Crippen molar-refractivity contribution in [2.45, 2.75) is 19.3 Å². The lowest BCUT2D eigenvalue weighted by Crippen LogP contribution is -2.20. The van der Waals surface area contributed by atoms with Gasteiger partial charge in [0.2, 0.25) is 5.91 Å². The van der Waals surface area contributed by atoms with Crippen LogP contribution >= 0.6 is 0 Å². The number of nitrogens with one attached hydrogen (secondary N) is 1. The minimum atomic E-state index is -0.261. The Morgan fingerprint density at radius 1 is 0.862 bits per heavy atom. The largest absolute Gasteiger partial charge is 0.423 e. The van der Waals surface area contributed by atoms with E-state index in [4.69, 9.17) is 4.42 Å². The number of carbonyl (C=O) groups excluding carboxylic acids is 1. The molecule has 0 fully saturated rings. The number of nitrogens with zero attached hydrogens (tertiary/aromatic N) is 1. The number of rotatable bonds is 6. The van der Waals surface area contributed by atoms with Crippen LogP contribution in [0.4, 0.5) is 6.01 Å². The Labute approximate surface area is 170 Å². The fourth-order valence-electron chi connectivity index (χ4n) is 3.40. The van der Waals surface area contributed by atoms with Crippen LogP contribution in [0.15, 0.2) is 95.4 Å². The standard InChI is InChI=1S/C25H22N2O2/c1-2-21(18-12-6-3-7-13-18)24(28)27-25-26-22(19-14-8-4-9-15-19)23(29-25)20-16-10-5-11-17-20/h3-17,21H,2H2,1H3,(H,26,27,28)/t21-/m0/s1. The van der Waals surface area contributed by atoms with Crippen LogP contribution in [0, 0.1) is 0 Å². The quantitative estimate of drug-likeness (QED) is 0.436. The molecule has 0 saturated heterocycles. The van der Waals surface area contributed by atoms with Crippen LogP contribution in [0.1, 0.15) is 24.8 Å². The van der Waals surface area contributed by atoms with Crippen molar-refractivity contribution in [2.75, 3.05) is 5.32 Å². The fraction of sp³-hybridized carbons (Fsp3) is 0.120. The molecule has 0 bridgehead atoms. The van der Waals surface area contributed by atoms with E-state index in [0.717, 1.165) is 16.7 Å². The first-order valence-corrected chi connectivity index (χ1v) is 9.73. The Bertz CT molecular complexity index is 1020. The summed E-state index contributed by atoms with van der Waals surface area (Å²) in [7, 11) is 0. The molecule has 1 atom stereocenters. The maximum absolute atomic E-state index is 12.9. The number of hydrogen-bond donors (Lipinski definition) is 1. The van der Waals surface area contributed by atoms with Crippen molar-refractivity contribution in [3.05, 3.63) is 96.6 Å².